The molecule has 0 fully saturated rings. The number of rotatable bonds is 6. The Morgan fingerprint density at radius 1 is 1.38 bits per heavy atom. The normalized spacial score (nSPS) is 10.4. The zero-order valence-electron chi connectivity index (χ0n) is 10.2. The van der Waals surface area contributed by atoms with Gasteiger partial charge >= 0.3 is 0 Å². The van der Waals surface area contributed by atoms with Crippen LogP contribution in [0.25, 0.3) is 0 Å². The van der Waals surface area contributed by atoms with Gasteiger partial charge in [-0.3, -0.25) is 0 Å². The number of ether oxygens (including phenoxy) is 1. The summed E-state index contributed by atoms with van der Waals surface area (Å²) in [5.74, 6) is 1.98. The van der Waals surface area contributed by atoms with Crippen molar-refractivity contribution >= 4 is 11.6 Å². The third kappa shape index (κ3) is 3.66. The summed E-state index contributed by atoms with van der Waals surface area (Å²) in [6.45, 7) is 6.08. The molecule has 90 valence electrons. The second-order valence-corrected chi connectivity index (χ2v) is 3.63. The molecule has 5 heteroatoms. The van der Waals surface area contributed by atoms with Gasteiger partial charge in [-0.15, -0.1) is 0 Å². The van der Waals surface area contributed by atoms with E-state index >= 15 is 0 Å². The molecule has 1 heterocycles. The molecule has 0 atom stereocenters. The van der Waals surface area contributed by atoms with Crippen LogP contribution < -0.4 is 10.6 Å². The van der Waals surface area contributed by atoms with Crippen LogP contribution in [0.1, 0.15) is 26.1 Å². The summed E-state index contributed by atoms with van der Waals surface area (Å²) < 4.78 is 5.27. The number of nitrogen functional groups attached to an aromatic ring is 1. The summed E-state index contributed by atoms with van der Waals surface area (Å²) in [7, 11) is 2.00. The molecule has 1 aromatic heterocycles. The number of hydrogen-bond donors (Lipinski definition) is 1. The summed E-state index contributed by atoms with van der Waals surface area (Å²) in [5, 5.41) is 0. The van der Waals surface area contributed by atoms with Gasteiger partial charge in [0.15, 0.2) is 5.82 Å². The zero-order valence-corrected chi connectivity index (χ0v) is 10.2. The maximum absolute atomic E-state index is 5.73. The lowest BCUT2D eigenvalue weighted by Crippen LogP contribution is -2.20. The molecule has 0 amide bonds. The van der Waals surface area contributed by atoms with Crippen molar-refractivity contribution in [2.45, 2.75) is 26.9 Å². The first-order chi connectivity index (χ1) is 7.67. The topological polar surface area (TPSA) is 64.3 Å². The van der Waals surface area contributed by atoms with E-state index < -0.39 is 0 Å². The van der Waals surface area contributed by atoms with Gasteiger partial charge in [0.2, 0.25) is 0 Å². The molecule has 0 radical (unpaired) electrons. The maximum Gasteiger partial charge on any atom is 0.158 e. The molecular weight excluding hydrogens is 204 g/mol. The average molecular weight is 224 g/mol. The lowest BCUT2D eigenvalue weighted by molar-refractivity contribution is 0.128. The number of anilines is 2. The number of nitrogens with zero attached hydrogens (tertiary/aromatic N) is 3. The van der Waals surface area contributed by atoms with E-state index in [1.165, 1.54) is 0 Å². The molecule has 1 rings (SSSR count). The summed E-state index contributed by atoms with van der Waals surface area (Å²) in [6, 6.07) is 1.78. The van der Waals surface area contributed by atoms with Gasteiger partial charge in [0.05, 0.1) is 0 Å². The van der Waals surface area contributed by atoms with Crippen LogP contribution in [0.15, 0.2) is 6.07 Å². The minimum absolute atomic E-state index is 0.411. The van der Waals surface area contributed by atoms with Crippen molar-refractivity contribution in [2.75, 3.05) is 30.8 Å². The van der Waals surface area contributed by atoms with E-state index in [0.717, 1.165) is 18.8 Å². The van der Waals surface area contributed by atoms with Crippen molar-refractivity contribution in [3.63, 3.8) is 0 Å². The van der Waals surface area contributed by atoms with E-state index in [0.29, 0.717) is 24.9 Å². The van der Waals surface area contributed by atoms with E-state index in [1.54, 1.807) is 6.07 Å². The zero-order chi connectivity index (χ0) is 12.0. The van der Waals surface area contributed by atoms with E-state index in [2.05, 4.69) is 21.8 Å². The molecular formula is C11H20N4O. The lowest BCUT2D eigenvalue weighted by Gasteiger charge is -2.17. The fourth-order valence-electron chi connectivity index (χ4n) is 1.41. The highest BCUT2D eigenvalue weighted by molar-refractivity contribution is 5.46. The van der Waals surface area contributed by atoms with Gasteiger partial charge in [0, 0.05) is 26.3 Å². The lowest BCUT2D eigenvalue weighted by atomic mass is 10.4. The Kier molecular flexibility index (Phi) is 4.98. The molecule has 0 aliphatic carbocycles. The molecule has 5 nitrogen and oxygen atoms in total. The Morgan fingerprint density at radius 2 is 2.12 bits per heavy atom. The van der Waals surface area contributed by atoms with Crippen molar-refractivity contribution in [2.24, 2.45) is 0 Å². The molecule has 0 spiro atoms. The third-order valence-electron chi connectivity index (χ3n) is 2.16. The molecule has 0 saturated carbocycles. The van der Waals surface area contributed by atoms with Gasteiger partial charge in [0.25, 0.3) is 0 Å². The molecule has 0 aliphatic rings. The minimum atomic E-state index is 0.411. The van der Waals surface area contributed by atoms with Crippen LogP contribution >= 0.6 is 0 Å². The highest BCUT2D eigenvalue weighted by Crippen LogP contribution is 2.13. The molecule has 0 aromatic carbocycles. The van der Waals surface area contributed by atoms with Gasteiger partial charge < -0.3 is 15.4 Å². The number of hydrogen-bond acceptors (Lipinski definition) is 5. The van der Waals surface area contributed by atoms with Crippen molar-refractivity contribution in [1.82, 2.24) is 9.97 Å². The highest BCUT2D eigenvalue weighted by atomic mass is 16.5. The summed E-state index contributed by atoms with van der Waals surface area (Å²) >= 11 is 0. The summed E-state index contributed by atoms with van der Waals surface area (Å²) in [4.78, 5) is 10.6. The Bertz CT molecular complexity index is 330. The Balaban J connectivity index is 2.80. The second-order valence-electron chi connectivity index (χ2n) is 3.63. The van der Waals surface area contributed by atoms with Gasteiger partial charge in [-0.1, -0.05) is 6.92 Å². The van der Waals surface area contributed by atoms with Gasteiger partial charge in [-0.25, -0.2) is 9.97 Å². The van der Waals surface area contributed by atoms with E-state index in [4.69, 9.17) is 10.5 Å². The van der Waals surface area contributed by atoms with Crippen LogP contribution in [0.5, 0.6) is 0 Å². The predicted octanol–water partition coefficient (Wildman–Crippen LogP) is 1.44. The first-order valence-corrected chi connectivity index (χ1v) is 5.59. The predicted molar refractivity (Wildman–Crippen MR) is 65.3 cm³/mol. The molecule has 0 saturated heterocycles. The van der Waals surface area contributed by atoms with Crippen LogP contribution in [0, 0.1) is 0 Å². The van der Waals surface area contributed by atoms with Crippen LogP contribution in [-0.4, -0.2) is 30.2 Å². The van der Waals surface area contributed by atoms with E-state index in [1.807, 2.05) is 14.0 Å². The quantitative estimate of drug-likeness (QED) is 0.792. The van der Waals surface area contributed by atoms with E-state index in [-0.39, 0.29) is 0 Å². The van der Waals surface area contributed by atoms with Gasteiger partial charge in [-0.2, -0.15) is 0 Å². The van der Waals surface area contributed by atoms with Crippen LogP contribution in [0.2, 0.25) is 0 Å². The van der Waals surface area contributed by atoms with Crippen molar-refractivity contribution in [1.29, 1.82) is 0 Å². The first-order valence-electron chi connectivity index (χ1n) is 5.59. The van der Waals surface area contributed by atoms with Crippen molar-refractivity contribution < 1.29 is 4.74 Å². The maximum atomic E-state index is 5.73. The fourth-order valence-corrected chi connectivity index (χ4v) is 1.41. The molecule has 16 heavy (non-hydrogen) atoms. The second kappa shape index (κ2) is 6.27. The van der Waals surface area contributed by atoms with E-state index in [9.17, 15) is 0 Å². The standard InChI is InChI=1S/C11H20N4O/c1-4-6-15(3)11-7-9(12)13-10(14-11)8-16-5-2/h7H,4-6,8H2,1-3H3,(H2,12,13,14). The molecule has 0 bridgehead atoms. The van der Waals surface area contributed by atoms with Crippen LogP contribution in [0.3, 0.4) is 0 Å². The largest absolute Gasteiger partial charge is 0.384 e. The average Bonchev–Trinajstić information content (AvgIpc) is 2.26. The first kappa shape index (κ1) is 12.7. The highest BCUT2D eigenvalue weighted by Gasteiger charge is 2.06. The third-order valence-corrected chi connectivity index (χ3v) is 2.16. The fraction of sp³-hybridized carbons (Fsp3) is 0.636. The molecule has 0 aliphatic heterocycles. The minimum Gasteiger partial charge on any atom is -0.384 e. The smallest absolute Gasteiger partial charge is 0.158 e. The number of aromatic nitrogens is 2. The monoisotopic (exact) mass is 224 g/mol. The van der Waals surface area contributed by atoms with Crippen LogP contribution in [0.4, 0.5) is 11.6 Å². The summed E-state index contributed by atoms with van der Waals surface area (Å²) in [5.41, 5.74) is 5.73. The SMILES string of the molecule is CCCN(C)c1cc(N)nc(COCC)n1. The van der Waals surface area contributed by atoms with Gasteiger partial charge in [0.1, 0.15) is 18.2 Å². The Morgan fingerprint density at radius 3 is 2.75 bits per heavy atom. The number of nitrogens with two attached hydrogens (primary N) is 1. The Labute approximate surface area is 96.6 Å². The van der Waals surface area contributed by atoms with Crippen LogP contribution in [-0.2, 0) is 11.3 Å². The Hall–Kier alpha value is -1.36. The molecule has 0 unspecified atom stereocenters. The summed E-state index contributed by atoms with van der Waals surface area (Å²) in [6.07, 6.45) is 1.07. The van der Waals surface area contributed by atoms with Crippen molar-refractivity contribution in [3.05, 3.63) is 11.9 Å². The molecule has 2 N–H and O–H groups in total. The molecule has 1 aromatic rings. The van der Waals surface area contributed by atoms with Gasteiger partial charge in [-0.05, 0) is 13.3 Å². The van der Waals surface area contributed by atoms with Crippen molar-refractivity contribution in [3.8, 4) is 0 Å².